The molecule has 3 aromatic rings. The molecule has 1 atom stereocenters. The summed E-state index contributed by atoms with van der Waals surface area (Å²) in [6.07, 6.45) is 3.78. The molecule has 26 heavy (non-hydrogen) atoms. The fourth-order valence-electron chi connectivity index (χ4n) is 3.80. The maximum atomic E-state index is 14.9. The zero-order chi connectivity index (χ0) is 18.3. The largest absolute Gasteiger partial charge is 0.366 e. The van der Waals surface area contributed by atoms with E-state index in [2.05, 4.69) is 18.3 Å². The number of halogens is 1. The van der Waals surface area contributed by atoms with Gasteiger partial charge in [-0.2, -0.15) is 5.10 Å². The minimum absolute atomic E-state index is 0.200. The minimum atomic E-state index is -0.528. The summed E-state index contributed by atoms with van der Waals surface area (Å²) in [4.78, 5) is 11.6. The molecule has 1 fully saturated rings. The van der Waals surface area contributed by atoms with E-state index in [-0.39, 0.29) is 11.1 Å². The maximum Gasteiger partial charge on any atom is 0.250 e. The van der Waals surface area contributed by atoms with Crippen LogP contribution in [0.5, 0.6) is 0 Å². The van der Waals surface area contributed by atoms with Crippen molar-refractivity contribution in [3.05, 3.63) is 59.5 Å². The smallest absolute Gasteiger partial charge is 0.250 e. The van der Waals surface area contributed by atoms with E-state index in [1.165, 1.54) is 6.07 Å². The van der Waals surface area contributed by atoms with Crippen molar-refractivity contribution in [1.29, 1.82) is 0 Å². The van der Waals surface area contributed by atoms with Gasteiger partial charge in [0.2, 0.25) is 0 Å². The molecular weight excluding hydrogens is 330 g/mol. The SMILES string of the molecule is B[C@@]1(c2ccc(-n3cc4cccc(C(N)=O)c4n3)cc2F)CCCNC1. The van der Waals surface area contributed by atoms with Crippen molar-refractivity contribution in [3.8, 4) is 5.69 Å². The predicted octanol–water partition coefficient (Wildman–Crippen LogP) is 1.48. The molecule has 3 N–H and O–H groups in total. The highest BCUT2D eigenvalue weighted by atomic mass is 19.1. The molecule has 132 valence electrons. The lowest BCUT2D eigenvalue weighted by Crippen LogP contribution is -2.44. The summed E-state index contributed by atoms with van der Waals surface area (Å²) >= 11 is 0. The van der Waals surface area contributed by atoms with Gasteiger partial charge in [-0.25, -0.2) is 9.07 Å². The molecular formula is C19H20BFN4O. The van der Waals surface area contributed by atoms with Crippen molar-refractivity contribution < 1.29 is 9.18 Å². The molecule has 0 aliphatic carbocycles. The number of carbonyl (C=O) groups excluding carboxylic acids is 1. The Morgan fingerprint density at radius 2 is 2.19 bits per heavy atom. The molecule has 1 aliphatic rings. The van der Waals surface area contributed by atoms with Gasteiger partial charge < -0.3 is 11.1 Å². The van der Waals surface area contributed by atoms with E-state index >= 15 is 0 Å². The third-order valence-electron chi connectivity index (χ3n) is 5.27. The summed E-state index contributed by atoms with van der Waals surface area (Å²) in [6.45, 7) is 1.76. The third kappa shape index (κ3) is 2.78. The van der Waals surface area contributed by atoms with Gasteiger partial charge in [0.05, 0.1) is 11.3 Å². The van der Waals surface area contributed by atoms with Gasteiger partial charge in [0.15, 0.2) is 0 Å². The van der Waals surface area contributed by atoms with Crippen molar-refractivity contribution in [3.63, 3.8) is 0 Å². The Labute approximate surface area is 151 Å². The number of hydrogen-bond acceptors (Lipinski definition) is 3. The van der Waals surface area contributed by atoms with Crippen LogP contribution in [0.25, 0.3) is 16.6 Å². The van der Waals surface area contributed by atoms with Crippen molar-refractivity contribution in [2.75, 3.05) is 13.1 Å². The Balaban J connectivity index is 1.75. The average molecular weight is 350 g/mol. The van der Waals surface area contributed by atoms with Crippen LogP contribution in [0.3, 0.4) is 0 Å². The van der Waals surface area contributed by atoms with Crippen LogP contribution >= 0.6 is 0 Å². The Morgan fingerprint density at radius 3 is 2.88 bits per heavy atom. The second-order valence-corrected chi connectivity index (χ2v) is 7.19. The molecule has 4 rings (SSSR count). The fourth-order valence-corrected chi connectivity index (χ4v) is 3.80. The van der Waals surface area contributed by atoms with Gasteiger partial charge in [-0.3, -0.25) is 4.79 Å². The van der Waals surface area contributed by atoms with E-state index in [0.29, 0.717) is 16.8 Å². The Kier molecular flexibility index (Phi) is 4.03. The molecule has 5 nitrogen and oxygen atoms in total. The number of hydrogen-bond donors (Lipinski definition) is 2. The number of fused-ring (bicyclic) bond motifs is 1. The normalized spacial score (nSPS) is 20.3. The molecule has 0 saturated carbocycles. The third-order valence-corrected chi connectivity index (χ3v) is 5.27. The van der Waals surface area contributed by atoms with Crippen LogP contribution in [0.4, 0.5) is 4.39 Å². The van der Waals surface area contributed by atoms with Gasteiger partial charge in [-0.15, -0.1) is 0 Å². The molecule has 0 radical (unpaired) electrons. The van der Waals surface area contributed by atoms with Crippen LogP contribution in [-0.2, 0) is 5.31 Å². The quantitative estimate of drug-likeness (QED) is 0.703. The fraction of sp³-hybridized carbons (Fsp3) is 0.263. The van der Waals surface area contributed by atoms with E-state index in [0.717, 1.165) is 36.9 Å². The number of benzene rings is 2. The molecule has 1 aliphatic heterocycles. The number of nitrogens with one attached hydrogen (secondary N) is 1. The Morgan fingerprint density at radius 1 is 1.35 bits per heavy atom. The zero-order valence-electron chi connectivity index (χ0n) is 14.6. The lowest BCUT2D eigenvalue weighted by atomic mass is 9.60. The number of piperidine rings is 1. The molecule has 2 aromatic carbocycles. The zero-order valence-corrected chi connectivity index (χ0v) is 14.6. The van der Waals surface area contributed by atoms with Gasteiger partial charge in [-0.05, 0) is 55.0 Å². The second kappa shape index (κ2) is 6.25. The number of nitrogens with zero attached hydrogens (tertiary/aromatic N) is 2. The van der Waals surface area contributed by atoms with E-state index in [9.17, 15) is 9.18 Å². The molecule has 0 spiro atoms. The van der Waals surface area contributed by atoms with Crippen LogP contribution in [0.1, 0.15) is 28.8 Å². The van der Waals surface area contributed by atoms with E-state index in [1.54, 1.807) is 23.0 Å². The topological polar surface area (TPSA) is 72.9 Å². The van der Waals surface area contributed by atoms with Crippen LogP contribution < -0.4 is 11.1 Å². The minimum Gasteiger partial charge on any atom is -0.366 e. The molecule has 0 bridgehead atoms. The number of nitrogens with two attached hydrogens (primary N) is 1. The standard InChI is InChI=1S/C19H20BFN4O/c20-19(7-2-8-23-11-19)15-6-5-13(9-16(15)21)25-10-12-3-1-4-14(18(22)26)17(12)24-25/h1,3-6,9-10,23H,2,7-8,11,20H2,(H2,22,26)/t19-/m0/s1. The first-order chi connectivity index (χ1) is 12.5. The lowest BCUT2D eigenvalue weighted by Gasteiger charge is -2.35. The molecule has 0 unspecified atom stereocenters. The van der Waals surface area contributed by atoms with E-state index in [1.807, 2.05) is 18.2 Å². The molecule has 1 saturated heterocycles. The van der Waals surface area contributed by atoms with E-state index < -0.39 is 5.91 Å². The summed E-state index contributed by atoms with van der Waals surface area (Å²) in [5.41, 5.74) is 7.64. The summed E-state index contributed by atoms with van der Waals surface area (Å²) in [5, 5.41) is 8.38. The maximum absolute atomic E-state index is 14.9. The van der Waals surface area contributed by atoms with Crippen molar-refractivity contribution in [2.24, 2.45) is 5.73 Å². The number of primary amides is 1. The Hall–Kier alpha value is -2.67. The highest BCUT2D eigenvalue weighted by Gasteiger charge is 2.31. The first kappa shape index (κ1) is 16.8. The monoisotopic (exact) mass is 350 g/mol. The molecule has 7 heteroatoms. The highest BCUT2D eigenvalue weighted by Crippen LogP contribution is 2.31. The molecule has 1 amide bonds. The van der Waals surface area contributed by atoms with Crippen LogP contribution in [0, 0.1) is 5.82 Å². The van der Waals surface area contributed by atoms with Gasteiger partial charge in [0.1, 0.15) is 19.2 Å². The van der Waals surface area contributed by atoms with Gasteiger partial charge in [0.25, 0.3) is 5.91 Å². The van der Waals surface area contributed by atoms with Gasteiger partial charge in [0, 0.05) is 11.6 Å². The molecule has 1 aromatic heterocycles. The summed E-state index contributed by atoms with van der Waals surface area (Å²) in [5.74, 6) is -0.761. The first-order valence-electron chi connectivity index (χ1n) is 8.77. The summed E-state index contributed by atoms with van der Waals surface area (Å²) in [6, 6.07) is 10.5. The average Bonchev–Trinajstić information content (AvgIpc) is 3.06. The second-order valence-electron chi connectivity index (χ2n) is 7.19. The van der Waals surface area contributed by atoms with Crippen LogP contribution in [0.15, 0.2) is 42.6 Å². The first-order valence-corrected chi connectivity index (χ1v) is 8.77. The van der Waals surface area contributed by atoms with E-state index in [4.69, 9.17) is 5.73 Å². The lowest BCUT2D eigenvalue weighted by molar-refractivity contribution is 0.100. The predicted molar refractivity (Wildman–Crippen MR) is 102 cm³/mol. The number of aromatic nitrogens is 2. The number of amides is 1. The summed E-state index contributed by atoms with van der Waals surface area (Å²) < 4.78 is 16.5. The van der Waals surface area contributed by atoms with Gasteiger partial charge in [-0.1, -0.05) is 18.2 Å². The summed E-state index contributed by atoms with van der Waals surface area (Å²) in [7, 11) is 2.10. The van der Waals surface area contributed by atoms with Crippen LogP contribution in [-0.4, -0.2) is 36.6 Å². The van der Waals surface area contributed by atoms with Crippen molar-refractivity contribution in [1.82, 2.24) is 15.1 Å². The van der Waals surface area contributed by atoms with Crippen LogP contribution in [0.2, 0.25) is 0 Å². The number of rotatable bonds is 3. The van der Waals surface area contributed by atoms with Crippen molar-refractivity contribution in [2.45, 2.75) is 18.2 Å². The van der Waals surface area contributed by atoms with Gasteiger partial charge >= 0.3 is 0 Å². The Bertz CT molecular complexity index is 994. The molecule has 2 heterocycles. The highest BCUT2D eigenvalue weighted by molar-refractivity contribution is 6.16. The van der Waals surface area contributed by atoms with Crippen molar-refractivity contribution >= 4 is 24.7 Å². The number of carbonyl (C=O) groups is 1.